The lowest BCUT2D eigenvalue weighted by Gasteiger charge is -2.42. The summed E-state index contributed by atoms with van der Waals surface area (Å²) in [6.07, 6.45) is 0. The van der Waals surface area contributed by atoms with Gasteiger partial charge in [-0.25, -0.2) is 0 Å². The minimum absolute atomic E-state index is 0.330. The van der Waals surface area contributed by atoms with Crippen LogP contribution >= 0.6 is 0 Å². The highest BCUT2D eigenvalue weighted by atomic mass is 16.3. The summed E-state index contributed by atoms with van der Waals surface area (Å²) in [5.41, 5.74) is 14.8. The van der Waals surface area contributed by atoms with Crippen molar-refractivity contribution in [2.24, 2.45) is 0 Å². The number of fused-ring (bicyclic) bond motifs is 14. The van der Waals surface area contributed by atoms with Crippen molar-refractivity contribution in [2.75, 3.05) is 9.80 Å². The monoisotopic (exact) mass is 772 g/mol. The van der Waals surface area contributed by atoms with Gasteiger partial charge >= 0.3 is 0 Å². The van der Waals surface area contributed by atoms with E-state index in [4.69, 9.17) is 8.83 Å². The summed E-state index contributed by atoms with van der Waals surface area (Å²) in [6, 6.07) is 61.7. The molecule has 13 rings (SSSR count). The van der Waals surface area contributed by atoms with Gasteiger partial charge in [0.25, 0.3) is 0 Å². The van der Waals surface area contributed by atoms with Crippen LogP contribution in [0.25, 0.3) is 65.4 Å². The SMILES string of the molecule is CC1(C)c2ccccc2N(c2cccc3ccccc23)c2ccc3c(oc4cc5c(cc43)oc3c4c(ccc35)N(c3cccc5ccccc35)c3ccccc3C4(C)C)c21. The van der Waals surface area contributed by atoms with Gasteiger partial charge in [-0.3, -0.25) is 0 Å². The van der Waals surface area contributed by atoms with Crippen LogP contribution in [0.1, 0.15) is 49.9 Å². The molecular formula is C56H40N2O2. The van der Waals surface area contributed by atoms with Gasteiger partial charge in [-0.05, 0) is 82.6 Å². The van der Waals surface area contributed by atoms with Gasteiger partial charge in [0, 0.05) is 54.3 Å². The third kappa shape index (κ3) is 4.30. The van der Waals surface area contributed by atoms with E-state index in [0.717, 1.165) is 66.6 Å². The number of hydrogen-bond acceptors (Lipinski definition) is 4. The molecule has 286 valence electrons. The van der Waals surface area contributed by atoms with Crippen LogP contribution < -0.4 is 9.80 Å². The number of hydrogen-bond donors (Lipinski definition) is 0. The molecule has 4 heterocycles. The summed E-state index contributed by atoms with van der Waals surface area (Å²) in [7, 11) is 0. The minimum atomic E-state index is -0.330. The molecule has 9 aromatic carbocycles. The lowest BCUT2D eigenvalue weighted by atomic mass is 9.73. The zero-order valence-electron chi connectivity index (χ0n) is 33.9. The second-order valence-electron chi connectivity index (χ2n) is 17.7. The molecule has 4 nitrogen and oxygen atoms in total. The molecule has 0 aliphatic carbocycles. The minimum Gasteiger partial charge on any atom is -0.456 e. The first kappa shape index (κ1) is 33.6. The van der Waals surface area contributed by atoms with Crippen LogP contribution in [0.4, 0.5) is 34.1 Å². The Hall–Kier alpha value is -7.30. The zero-order valence-corrected chi connectivity index (χ0v) is 33.9. The van der Waals surface area contributed by atoms with E-state index in [0.29, 0.717) is 0 Å². The van der Waals surface area contributed by atoms with Gasteiger partial charge < -0.3 is 18.6 Å². The molecule has 0 saturated carbocycles. The van der Waals surface area contributed by atoms with Gasteiger partial charge in [0.2, 0.25) is 0 Å². The van der Waals surface area contributed by atoms with E-state index in [-0.39, 0.29) is 10.8 Å². The first-order valence-corrected chi connectivity index (χ1v) is 20.9. The first-order valence-electron chi connectivity index (χ1n) is 20.9. The molecule has 4 heteroatoms. The maximum Gasteiger partial charge on any atom is 0.141 e. The summed E-state index contributed by atoms with van der Waals surface area (Å²) >= 11 is 0. The van der Waals surface area contributed by atoms with Gasteiger partial charge in [0.05, 0.1) is 34.1 Å². The molecule has 60 heavy (non-hydrogen) atoms. The predicted molar refractivity (Wildman–Crippen MR) is 250 cm³/mol. The summed E-state index contributed by atoms with van der Waals surface area (Å²) in [6.45, 7) is 9.34. The normalized spacial score (nSPS) is 15.2. The van der Waals surface area contributed by atoms with Crippen molar-refractivity contribution in [3.8, 4) is 0 Å². The molecule has 0 saturated heterocycles. The fourth-order valence-corrected chi connectivity index (χ4v) is 11.0. The molecule has 0 fully saturated rings. The zero-order chi connectivity index (χ0) is 40.1. The van der Waals surface area contributed by atoms with Crippen molar-refractivity contribution >= 4 is 99.5 Å². The van der Waals surface area contributed by atoms with Crippen LogP contribution in [0.15, 0.2) is 179 Å². The molecule has 0 radical (unpaired) electrons. The first-order chi connectivity index (χ1) is 29.3. The second kappa shape index (κ2) is 11.7. The van der Waals surface area contributed by atoms with Crippen molar-refractivity contribution in [1.29, 1.82) is 0 Å². The molecule has 2 aromatic heterocycles. The fraction of sp³-hybridized carbons (Fsp3) is 0.107. The van der Waals surface area contributed by atoms with Crippen molar-refractivity contribution in [1.82, 2.24) is 0 Å². The van der Waals surface area contributed by atoms with Crippen LogP contribution in [0.3, 0.4) is 0 Å². The van der Waals surface area contributed by atoms with Crippen molar-refractivity contribution in [3.05, 3.63) is 192 Å². The lowest BCUT2D eigenvalue weighted by molar-refractivity contribution is 0.600. The van der Waals surface area contributed by atoms with Gasteiger partial charge in [0.15, 0.2) is 0 Å². The Bertz CT molecular complexity index is 3390. The van der Waals surface area contributed by atoms with Crippen molar-refractivity contribution in [3.63, 3.8) is 0 Å². The van der Waals surface area contributed by atoms with Gasteiger partial charge in [-0.2, -0.15) is 0 Å². The lowest BCUT2D eigenvalue weighted by Crippen LogP contribution is -2.30. The average Bonchev–Trinajstić information content (AvgIpc) is 3.82. The van der Waals surface area contributed by atoms with Crippen LogP contribution in [0.5, 0.6) is 0 Å². The molecule has 0 bridgehead atoms. The second-order valence-corrected chi connectivity index (χ2v) is 17.7. The largest absolute Gasteiger partial charge is 0.456 e. The topological polar surface area (TPSA) is 32.8 Å². The molecule has 2 aliphatic heterocycles. The summed E-state index contributed by atoms with van der Waals surface area (Å²) < 4.78 is 14.3. The highest BCUT2D eigenvalue weighted by molar-refractivity contribution is 6.18. The summed E-state index contributed by atoms with van der Waals surface area (Å²) in [5, 5.41) is 9.16. The standard InChI is InChI=1S/C56H40N2O2/c1-55(2)41-21-9-11-23-45(41)57(43-25-13-17-33-15-5-7-19-35(33)43)47-29-27-37-39-31-50-40(32-49(39)59-53(37)51(47)55)38-28-30-48-52(54(38)60-50)56(3,4)42-22-10-12-24-46(42)58(48)44-26-14-18-34-16-6-8-20-36(34)44/h5-32H,1-4H3. The van der Waals surface area contributed by atoms with E-state index in [2.05, 4.69) is 207 Å². The van der Waals surface area contributed by atoms with Crippen LogP contribution in [-0.2, 0) is 10.8 Å². The smallest absolute Gasteiger partial charge is 0.141 e. The highest BCUT2D eigenvalue weighted by Crippen LogP contribution is 2.58. The van der Waals surface area contributed by atoms with Gasteiger partial charge in [-0.15, -0.1) is 0 Å². The Morgan fingerprint density at radius 1 is 0.333 bits per heavy atom. The average molecular weight is 773 g/mol. The maximum absolute atomic E-state index is 7.14. The van der Waals surface area contributed by atoms with E-state index >= 15 is 0 Å². The quantitative estimate of drug-likeness (QED) is 0.175. The Morgan fingerprint density at radius 2 is 0.717 bits per heavy atom. The highest BCUT2D eigenvalue weighted by Gasteiger charge is 2.42. The molecule has 0 amide bonds. The number of nitrogens with zero attached hydrogens (tertiary/aromatic N) is 2. The number of para-hydroxylation sites is 2. The number of benzene rings is 9. The third-order valence-corrected chi connectivity index (χ3v) is 13.7. The molecule has 0 N–H and O–H groups in total. The molecule has 0 atom stereocenters. The van der Waals surface area contributed by atoms with E-state index in [1.54, 1.807) is 0 Å². The Morgan fingerprint density at radius 3 is 1.18 bits per heavy atom. The summed E-state index contributed by atoms with van der Waals surface area (Å²) in [4.78, 5) is 4.88. The van der Waals surface area contributed by atoms with Gasteiger partial charge in [0.1, 0.15) is 22.3 Å². The molecule has 11 aromatic rings. The molecular weight excluding hydrogens is 733 g/mol. The Balaban J connectivity index is 1.04. The predicted octanol–water partition coefficient (Wildman–Crippen LogP) is 16.0. The van der Waals surface area contributed by atoms with Gasteiger partial charge in [-0.1, -0.05) is 137 Å². The molecule has 2 aliphatic rings. The van der Waals surface area contributed by atoms with Crippen LogP contribution in [-0.4, -0.2) is 0 Å². The van der Waals surface area contributed by atoms with E-state index in [1.807, 2.05) is 0 Å². The van der Waals surface area contributed by atoms with E-state index in [1.165, 1.54) is 55.2 Å². The van der Waals surface area contributed by atoms with Crippen LogP contribution in [0.2, 0.25) is 0 Å². The molecule has 0 unspecified atom stereocenters. The van der Waals surface area contributed by atoms with Crippen molar-refractivity contribution < 1.29 is 8.83 Å². The number of rotatable bonds is 2. The molecule has 0 spiro atoms. The maximum atomic E-state index is 7.14. The van der Waals surface area contributed by atoms with E-state index in [9.17, 15) is 0 Å². The fourth-order valence-electron chi connectivity index (χ4n) is 11.0. The summed E-state index contributed by atoms with van der Waals surface area (Å²) in [5.74, 6) is 0. The van der Waals surface area contributed by atoms with Crippen molar-refractivity contribution in [2.45, 2.75) is 38.5 Å². The number of anilines is 6. The number of furan rings is 2. The third-order valence-electron chi connectivity index (χ3n) is 13.7. The van der Waals surface area contributed by atoms with E-state index < -0.39 is 0 Å². The van der Waals surface area contributed by atoms with Crippen LogP contribution in [0, 0.1) is 0 Å². The Labute approximate surface area is 347 Å². The Kier molecular flexibility index (Phi) is 6.55.